The summed E-state index contributed by atoms with van der Waals surface area (Å²) < 4.78 is 0. The van der Waals surface area contributed by atoms with Crippen LogP contribution in [0.4, 0.5) is 5.69 Å². The van der Waals surface area contributed by atoms with Gasteiger partial charge in [-0.1, -0.05) is 26.2 Å². The van der Waals surface area contributed by atoms with Gasteiger partial charge >= 0.3 is 0 Å². The number of hydrogen-bond acceptors (Lipinski definition) is 4. The number of fused-ring (bicyclic) bond motifs is 1. The SMILES string of the molecule is CCCc1ccc2c(N)c(C(=O)NC3CCCC3)sc2n1. The number of nitrogens with two attached hydrogens (primary N) is 1. The topological polar surface area (TPSA) is 68.0 Å². The summed E-state index contributed by atoms with van der Waals surface area (Å²) in [6.07, 6.45) is 6.58. The summed E-state index contributed by atoms with van der Waals surface area (Å²) in [6, 6.07) is 4.31. The van der Waals surface area contributed by atoms with Gasteiger partial charge in [-0.25, -0.2) is 4.98 Å². The fourth-order valence-electron chi connectivity index (χ4n) is 2.92. The number of amides is 1. The van der Waals surface area contributed by atoms with Crippen LogP contribution >= 0.6 is 11.3 Å². The van der Waals surface area contributed by atoms with Crippen molar-refractivity contribution in [3.05, 3.63) is 22.7 Å². The lowest BCUT2D eigenvalue weighted by Gasteiger charge is -2.10. The van der Waals surface area contributed by atoms with E-state index in [4.69, 9.17) is 5.73 Å². The molecule has 2 aromatic rings. The Morgan fingerprint density at radius 2 is 2.19 bits per heavy atom. The second-order valence-electron chi connectivity index (χ2n) is 5.71. The van der Waals surface area contributed by atoms with Gasteiger partial charge in [0.15, 0.2) is 0 Å². The van der Waals surface area contributed by atoms with Crippen molar-refractivity contribution in [2.24, 2.45) is 0 Å². The van der Waals surface area contributed by atoms with Gasteiger partial charge < -0.3 is 11.1 Å². The lowest BCUT2D eigenvalue weighted by atomic mass is 10.2. The Hall–Kier alpha value is -1.62. The molecule has 2 heterocycles. The van der Waals surface area contributed by atoms with Gasteiger partial charge in [0.25, 0.3) is 5.91 Å². The van der Waals surface area contributed by atoms with E-state index in [1.54, 1.807) is 0 Å². The maximum Gasteiger partial charge on any atom is 0.263 e. The van der Waals surface area contributed by atoms with Crippen LogP contribution < -0.4 is 11.1 Å². The van der Waals surface area contributed by atoms with Crippen molar-refractivity contribution in [1.29, 1.82) is 0 Å². The zero-order valence-electron chi connectivity index (χ0n) is 12.3. The van der Waals surface area contributed by atoms with Gasteiger partial charge in [-0.3, -0.25) is 4.79 Å². The maximum absolute atomic E-state index is 12.4. The lowest BCUT2D eigenvalue weighted by molar-refractivity contribution is 0.0943. The number of aromatic nitrogens is 1. The minimum atomic E-state index is -0.0422. The highest BCUT2D eigenvalue weighted by Crippen LogP contribution is 2.33. The van der Waals surface area contributed by atoms with E-state index in [0.717, 1.165) is 41.6 Å². The van der Waals surface area contributed by atoms with Crippen LogP contribution in [-0.2, 0) is 6.42 Å². The van der Waals surface area contributed by atoms with E-state index in [1.807, 2.05) is 12.1 Å². The van der Waals surface area contributed by atoms with E-state index in [9.17, 15) is 4.79 Å². The van der Waals surface area contributed by atoms with E-state index in [1.165, 1.54) is 24.2 Å². The average Bonchev–Trinajstić information content (AvgIpc) is 3.07. The van der Waals surface area contributed by atoms with Crippen LogP contribution in [0.15, 0.2) is 12.1 Å². The van der Waals surface area contributed by atoms with Crippen molar-refractivity contribution < 1.29 is 4.79 Å². The Balaban J connectivity index is 1.87. The molecule has 3 rings (SSSR count). The quantitative estimate of drug-likeness (QED) is 0.908. The summed E-state index contributed by atoms with van der Waals surface area (Å²) in [5.41, 5.74) is 7.78. The molecule has 1 amide bonds. The highest BCUT2D eigenvalue weighted by molar-refractivity contribution is 7.21. The smallest absolute Gasteiger partial charge is 0.263 e. The van der Waals surface area contributed by atoms with Crippen molar-refractivity contribution in [1.82, 2.24) is 10.3 Å². The van der Waals surface area contributed by atoms with Gasteiger partial charge in [0, 0.05) is 17.1 Å². The van der Waals surface area contributed by atoms with Crippen molar-refractivity contribution >= 4 is 33.1 Å². The maximum atomic E-state index is 12.4. The van der Waals surface area contributed by atoms with Gasteiger partial charge in [0.2, 0.25) is 0 Å². The molecule has 112 valence electrons. The van der Waals surface area contributed by atoms with Gasteiger partial charge in [-0.15, -0.1) is 11.3 Å². The zero-order chi connectivity index (χ0) is 14.8. The van der Waals surface area contributed by atoms with Crippen LogP contribution in [0.1, 0.15) is 54.4 Å². The minimum Gasteiger partial charge on any atom is -0.397 e. The second-order valence-corrected chi connectivity index (χ2v) is 6.70. The van der Waals surface area contributed by atoms with E-state index in [-0.39, 0.29) is 5.91 Å². The number of hydrogen-bond donors (Lipinski definition) is 2. The monoisotopic (exact) mass is 303 g/mol. The highest BCUT2D eigenvalue weighted by atomic mass is 32.1. The van der Waals surface area contributed by atoms with Crippen molar-refractivity contribution in [2.75, 3.05) is 5.73 Å². The molecule has 1 aliphatic carbocycles. The minimum absolute atomic E-state index is 0.0422. The van der Waals surface area contributed by atoms with Gasteiger partial charge in [-0.2, -0.15) is 0 Å². The number of carbonyl (C=O) groups excluding carboxylic acids is 1. The molecule has 3 N–H and O–H groups in total. The predicted molar refractivity (Wildman–Crippen MR) is 87.7 cm³/mol. The normalized spacial score (nSPS) is 15.7. The standard InChI is InChI=1S/C16H21N3OS/c1-2-5-10-8-9-12-13(17)14(21-16(12)19-10)15(20)18-11-6-3-4-7-11/h8-9,11H,2-7,17H2,1H3,(H,18,20). The first-order valence-electron chi connectivity index (χ1n) is 7.67. The molecule has 0 saturated heterocycles. The predicted octanol–water partition coefficient (Wildman–Crippen LogP) is 3.50. The molecule has 0 bridgehead atoms. The first kappa shape index (κ1) is 14.3. The molecule has 1 fully saturated rings. The summed E-state index contributed by atoms with van der Waals surface area (Å²) in [6.45, 7) is 2.13. The van der Waals surface area contributed by atoms with Gasteiger partial charge in [-0.05, 0) is 31.4 Å². The van der Waals surface area contributed by atoms with Crippen molar-refractivity contribution in [3.63, 3.8) is 0 Å². The van der Waals surface area contributed by atoms with Crippen LogP contribution in [0.5, 0.6) is 0 Å². The Labute approximate surface area is 128 Å². The number of rotatable bonds is 4. The van der Waals surface area contributed by atoms with Crippen LogP contribution in [-0.4, -0.2) is 16.9 Å². The Kier molecular flexibility index (Phi) is 4.10. The van der Waals surface area contributed by atoms with E-state index in [0.29, 0.717) is 16.6 Å². The molecule has 1 aliphatic rings. The fourth-order valence-corrected chi connectivity index (χ4v) is 3.94. The van der Waals surface area contributed by atoms with Gasteiger partial charge in [0.05, 0.1) is 5.69 Å². The molecule has 0 spiro atoms. The van der Waals surface area contributed by atoms with Gasteiger partial charge in [0.1, 0.15) is 9.71 Å². The molecule has 21 heavy (non-hydrogen) atoms. The molecule has 0 atom stereocenters. The summed E-state index contributed by atoms with van der Waals surface area (Å²) in [5, 5.41) is 4.00. The van der Waals surface area contributed by atoms with E-state index in [2.05, 4.69) is 17.2 Å². The first-order valence-corrected chi connectivity index (χ1v) is 8.49. The number of nitrogens with one attached hydrogen (secondary N) is 1. The third kappa shape index (κ3) is 2.88. The summed E-state index contributed by atoms with van der Waals surface area (Å²) in [7, 11) is 0. The number of carbonyl (C=O) groups is 1. The van der Waals surface area contributed by atoms with Crippen molar-refractivity contribution in [2.45, 2.75) is 51.5 Å². The first-order chi connectivity index (χ1) is 10.2. The molecule has 0 aromatic carbocycles. The third-order valence-electron chi connectivity index (χ3n) is 4.05. The van der Waals surface area contributed by atoms with Crippen LogP contribution in [0, 0.1) is 0 Å². The van der Waals surface area contributed by atoms with Crippen molar-refractivity contribution in [3.8, 4) is 0 Å². The average molecular weight is 303 g/mol. The number of nitrogen functional groups attached to an aromatic ring is 1. The Morgan fingerprint density at radius 3 is 2.90 bits per heavy atom. The van der Waals surface area contributed by atoms with Crippen LogP contribution in [0.25, 0.3) is 10.2 Å². The molecule has 0 radical (unpaired) electrons. The largest absolute Gasteiger partial charge is 0.397 e. The molecule has 5 heteroatoms. The molecule has 4 nitrogen and oxygen atoms in total. The lowest BCUT2D eigenvalue weighted by Crippen LogP contribution is -2.32. The Morgan fingerprint density at radius 1 is 1.43 bits per heavy atom. The van der Waals surface area contributed by atoms with E-state index < -0.39 is 0 Å². The fraction of sp³-hybridized carbons (Fsp3) is 0.500. The number of thiophene rings is 1. The summed E-state index contributed by atoms with van der Waals surface area (Å²) in [4.78, 5) is 18.5. The highest BCUT2D eigenvalue weighted by Gasteiger charge is 2.22. The number of anilines is 1. The Bertz CT molecular complexity index is 659. The third-order valence-corrected chi connectivity index (χ3v) is 5.17. The van der Waals surface area contributed by atoms with Crippen LogP contribution in [0.2, 0.25) is 0 Å². The van der Waals surface area contributed by atoms with E-state index >= 15 is 0 Å². The molecular weight excluding hydrogens is 282 g/mol. The number of pyridine rings is 1. The molecule has 0 unspecified atom stereocenters. The summed E-state index contributed by atoms with van der Waals surface area (Å²) in [5.74, 6) is -0.0422. The number of aryl methyl sites for hydroxylation is 1. The zero-order valence-corrected chi connectivity index (χ0v) is 13.1. The number of nitrogens with zero attached hydrogens (tertiary/aromatic N) is 1. The summed E-state index contributed by atoms with van der Waals surface area (Å²) >= 11 is 1.41. The molecule has 2 aromatic heterocycles. The molecule has 0 aliphatic heterocycles. The molecule has 1 saturated carbocycles. The molecular formula is C16H21N3OS. The second kappa shape index (κ2) is 6.02. The van der Waals surface area contributed by atoms with Crippen LogP contribution in [0.3, 0.4) is 0 Å².